The molecule has 0 fully saturated rings. The number of carbonyl (C=O) groups is 1. The van der Waals surface area contributed by atoms with E-state index in [1.807, 2.05) is 80.6 Å². The predicted molar refractivity (Wildman–Crippen MR) is 149 cm³/mol. The van der Waals surface area contributed by atoms with Crippen LogP contribution < -0.4 is 15.6 Å². The highest BCUT2D eigenvalue weighted by atomic mass is 16.5. The molecule has 0 aliphatic rings. The SMILES string of the molecule is COc1ccccc1-n1c(C(C)N(CCC(C)C)C(=O)Nc2ccc(C)cc2)nc2ccccc2c1=O. The molecule has 0 aliphatic carbocycles. The summed E-state index contributed by atoms with van der Waals surface area (Å²) in [5, 5.41) is 3.53. The zero-order chi connectivity index (χ0) is 26.5. The minimum atomic E-state index is -0.508. The Hall–Kier alpha value is -4.13. The number of benzene rings is 3. The van der Waals surface area contributed by atoms with Gasteiger partial charge in [0.25, 0.3) is 5.56 Å². The van der Waals surface area contributed by atoms with E-state index >= 15 is 0 Å². The number of aryl methyl sites for hydroxylation is 1. The highest BCUT2D eigenvalue weighted by molar-refractivity contribution is 5.89. The lowest BCUT2D eigenvalue weighted by Gasteiger charge is -2.31. The molecule has 4 aromatic rings. The highest BCUT2D eigenvalue weighted by Crippen LogP contribution is 2.28. The van der Waals surface area contributed by atoms with Crippen LogP contribution in [0.15, 0.2) is 77.6 Å². The van der Waals surface area contributed by atoms with Gasteiger partial charge in [-0.15, -0.1) is 0 Å². The van der Waals surface area contributed by atoms with Crippen molar-refractivity contribution < 1.29 is 9.53 Å². The van der Waals surface area contributed by atoms with E-state index < -0.39 is 6.04 Å². The number of ether oxygens (including phenoxy) is 1. The average molecular weight is 499 g/mol. The molecule has 0 spiro atoms. The molecule has 192 valence electrons. The van der Waals surface area contributed by atoms with Crippen LogP contribution >= 0.6 is 0 Å². The van der Waals surface area contributed by atoms with Gasteiger partial charge in [-0.25, -0.2) is 9.78 Å². The summed E-state index contributed by atoms with van der Waals surface area (Å²) >= 11 is 0. The molecule has 4 rings (SSSR count). The third-order valence-electron chi connectivity index (χ3n) is 6.48. The first-order valence-electron chi connectivity index (χ1n) is 12.6. The van der Waals surface area contributed by atoms with Gasteiger partial charge in [0.1, 0.15) is 11.6 Å². The second kappa shape index (κ2) is 11.3. The zero-order valence-electron chi connectivity index (χ0n) is 22.1. The number of aromatic nitrogens is 2. The number of para-hydroxylation sites is 3. The minimum Gasteiger partial charge on any atom is -0.495 e. The van der Waals surface area contributed by atoms with Gasteiger partial charge in [-0.3, -0.25) is 9.36 Å². The van der Waals surface area contributed by atoms with Crippen molar-refractivity contribution in [3.63, 3.8) is 0 Å². The van der Waals surface area contributed by atoms with E-state index in [4.69, 9.17) is 9.72 Å². The van der Waals surface area contributed by atoms with Gasteiger partial charge in [0.2, 0.25) is 0 Å². The molecule has 1 aromatic heterocycles. The van der Waals surface area contributed by atoms with Crippen molar-refractivity contribution in [1.29, 1.82) is 0 Å². The van der Waals surface area contributed by atoms with E-state index in [1.54, 1.807) is 22.6 Å². The smallest absolute Gasteiger partial charge is 0.322 e. The maximum atomic E-state index is 13.9. The van der Waals surface area contributed by atoms with Crippen LogP contribution in [0.4, 0.5) is 10.5 Å². The molecule has 7 nitrogen and oxygen atoms in total. The van der Waals surface area contributed by atoms with Gasteiger partial charge in [0.15, 0.2) is 0 Å². The van der Waals surface area contributed by atoms with E-state index in [1.165, 1.54) is 0 Å². The molecule has 0 aliphatic heterocycles. The summed E-state index contributed by atoms with van der Waals surface area (Å²) in [4.78, 5) is 34.1. The summed E-state index contributed by atoms with van der Waals surface area (Å²) in [7, 11) is 1.57. The lowest BCUT2D eigenvalue weighted by Crippen LogP contribution is -2.40. The zero-order valence-corrected chi connectivity index (χ0v) is 22.1. The standard InChI is InChI=1S/C30H34N4O3/c1-20(2)18-19-33(30(36)31-23-16-14-21(3)15-17-23)22(4)28-32-25-11-7-6-10-24(25)29(35)34(28)26-12-8-9-13-27(26)37-5/h6-17,20,22H,18-19H2,1-5H3,(H,31,36). The molecule has 0 bridgehead atoms. The maximum Gasteiger partial charge on any atom is 0.322 e. The van der Waals surface area contributed by atoms with E-state index in [-0.39, 0.29) is 11.6 Å². The van der Waals surface area contributed by atoms with Crippen LogP contribution in [0.1, 0.15) is 44.6 Å². The Labute approximate surface area is 217 Å². The molecule has 3 aromatic carbocycles. The first-order valence-corrected chi connectivity index (χ1v) is 12.6. The fourth-order valence-electron chi connectivity index (χ4n) is 4.32. The number of nitrogens with zero attached hydrogens (tertiary/aromatic N) is 3. The van der Waals surface area contributed by atoms with Gasteiger partial charge in [-0.1, -0.05) is 55.8 Å². The summed E-state index contributed by atoms with van der Waals surface area (Å²) in [6.45, 7) is 8.67. The van der Waals surface area contributed by atoms with E-state index in [2.05, 4.69) is 19.2 Å². The first kappa shape index (κ1) is 25.9. The van der Waals surface area contributed by atoms with Crippen LogP contribution in [0.2, 0.25) is 0 Å². The Balaban J connectivity index is 1.85. The number of hydrogen-bond donors (Lipinski definition) is 1. The van der Waals surface area contributed by atoms with E-state index in [9.17, 15) is 9.59 Å². The number of fused-ring (bicyclic) bond motifs is 1. The van der Waals surface area contributed by atoms with Gasteiger partial charge in [-0.05, 0) is 62.6 Å². The molecule has 0 radical (unpaired) electrons. The second-order valence-corrected chi connectivity index (χ2v) is 9.65. The van der Waals surface area contributed by atoms with Crippen LogP contribution in [0.25, 0.3) is 16.6 Å². The van der Waals surface area contributed by atoms with E-state index in [0.717, 1.165) is 12.0 Å². The van der Waals surface area contributed by atoms with Crippen molar-refractivity contribution in [2.24, 2.45) is 5.92 Å². The lowest BCUT2D eigenvalue weighted by atomic mass is 10.1. The number of carbonyl (C=O) groups excluding carboxylic acids is 1. The Morgan fingerprint density at radius 3 is 2.38 bits per heavy atom. The third kappa shape index (κ3) is 5.66. The van der Waals surface area contributed by atoms with Crippen LogP contribution in [0.5, 0.6) is 5.75 Å². The van der Waals surface area contributed by atoms with E-state index in [0.29, 0.717) is 46.3 Å². The van der Waals surface area contributed by atoms with Crippen molar-refractivity contribution in [3.05, 3.63) is 94.5 Å². The topological polar surface area (TPSA) is 76.5 Å². The van der Waals surface area contributed by atoms with Crippen LogP contribution in [0.3, 0.4) is 0 Å². The average Bonchev–Trinajstić information content (AvgIpc) is 2.89. The summed E-state index contributed by atoms with van der Waals surface area (Å²) in [5.74, 6) is 1.41. The second-order valence-electron chi connectivity index (χ2n) is 9.65. The van der Waals surface area contributed by atoms with Crippen molar-refractivity contribution in [3.8, 4) is 11.4 Å². The minimum absolute atomic E-state index is 0.209. The molecular weight excluding hydrogens is 464 g/mol. The molecule has 2 amide bonds. The summed E-state index contributed by atoms with van der Waals surface area (Å²) in [6.07, 6.45) is 0.804. The fraction of sp³-hybridized carbons (Fsp3) is 0.300. The third-order valence-corrected chi connectivity index (χ3v) is 6.48. The van der Waals surface area contributed by atoms with Crippen molar-refractivity contribution in [2.75, 3.05) is 19.0 Å². The van der Waals surface area contributed by atoms with Crippen LogP contribution in [-0.4, -0.2) is 34.1 Å². The number of methoxy groups -OCH3 is 1. The quantitative estimate of drug-likeness (QED) is 0.307. The molecular formula is C30H34N4O3. The Kier molecular flexibility index (Phi) is 7.92. The monoisotopic (exact) mass is 498 g/mol. The normalized spacial score (nSPS) is 11.9. The number of hydrogen-bond acceptors (Lipinski definition) is 4. The fourth-order valence-corrected chi connectivity index (χ4v) is 4.32. The number of anilines is 1. The van der Waals surface area contributed by atoms with Gasteiger partial charge in [-0.2, -0.15) is 0 Å². The molecule has 37 heavy (non-hydrogen) atoms. The van der Waals surface area contributed by atoms with Crippen molar-refractivity contribution in [1.82, 2.24) is 14.5 Å². The largest absolute Gasteiger partial charge is 0.495 e. The highest BCUT2D eigenvalue weighted by Gasteiger charge is 2.28. The Morgan fingerprint density at radius 2 is 1.68 bits per heavy atom. The number of rotatable bonds is 8. The Bertz CT molecular complexity index is 1440. The predicted octanol–water partition coefficient (Wildman–Crippen LogP) is 6.34. The number of urea groups is 1. The van der Waals surface area contributed by atoms with Gasteiger partial charge in [0.05, 0.1) is 29.7 Å². The van der Waals surface area contributed by atoms with Crippen molar-refractivity contribution >= 4 is 22.6 Å². The maximum absolute atomic E-state index is 13.9. The molecule has 1 unspecified atom stereocenters. The molecule has 0 saturated heterocycles. The molecule has 7 heteroatoms. The molecule has 1 atom stereocenters. The summed E-state index contributed by atoms with van der Waals surface area (Å²) in [5.41, 5.74) is 2.79. The molecule has 1 N–H and O–H groups in total. The molecule has 1 heterocycles. The summed E-state index contributed by atoms with van der Waals surface area (Å²) in [6, 6.07) is 21.6. The van der Waals surface area contributed by atoms with Gasteiger partial charge < -0.3 is 15.0 Å². The number of nitrogens with one attached hydrogen (secondary N) is 1. The molecule has 0 saturated carbocycles. The van der Waals surface area contributed by atoms with Gasteiger partial charge >= 0.3 is 6.03 Å². The van der Waals surface area contributed by atoms with Crippen molar-refractivity contribution in [2.45, 2.75) is 40.2 Å². The van der Waals surface area contributed by atoms with Crippen LogP contribution in [-0.2, 0) is 0 Å². The van der Waals surface area contributed by atoms with Crippen LogP contribution in [0, 0.1) is 12.8 Å². The first-order chi connectivity index (χ1) is 17.8. The summed E-state index contributed by atoms with van der Waals surface area (Å²) < 4.78 is 7.17. The van der Waals surface area contributed by atoms with Gasteiger partial charge in [0, 0.05) is 12.2 Å². The lowest BCUT2D eigenvalue weighted by molar-refractivity contribution is 0.185. The number of amides is 2. The Morgan fingerprint density at radius 1 is 1.00 bits per heavy atom.